The average Bonchev–Trinajstić information content (AvgIpc) is 3.19. The lowest BCUT2D eigenvalue weighted by molar-refractivity contribution is -0.114. The van der Waals surface area contributed by atoms with E-state index in [9.17, 15) is 26.0 Å². The molecule has 4 rings (SSSR count). The molecule has 0 aromatic heterocycles. The van der Waals surface area contributed by atoms with Crippen LogP contribution in [0.2, 0.25) is 0 Å². The van der Waals surface area contributed by atoms with Gasteiger partial charge >= 0.3 is 0 Å². The van der Waals surface area contributed by atoms with Crippen LogP contribution < -0.4 is 9.62 Å². The van der Waals surface area contributed by atoms with Crippen molar-refractivity contribution in [1.82, 2.24) is 4.31 Å². The van der Waals surface area contributed by atoms with E-state index in [4.69, 9.17) is 0 Å². The van der Waals surface area contributed by atoms with E-state index in [1.807, 2.05) is 6.92 Å². The van der Waals surface area contributed by atoms with Gasteiger partial charge in [0.25, 0.3) is 10.0 Å². The fourth-order valence-electron chi connectivity index (χ4n) is 4.23. The van der Waals surface area contributed by atoms with Crippen molar-refractivity contribution in [3.8, 4) is 0 Å². The summed E-state index contributed by atoms with van der Waals surface area (Å²) < 4.78 is 68.8. The Kier molecular flexibility index (Phi) is 8.49. The number of halogens is 1. The number of nitrogens with zero attached hydrogens (tertiary/aromatic N) is 2. The highest BCUT2D eigenvalue weighted by atomic mass is 32.2. The molecule has 1 N–H and O–H groups in total. The highest BCUT2D eigenvalue weighted by Crippen LogP contribution is 2.25. The third-order valence-corrected chi connectivity index (χ3v) is 10.1. The minimum absolute atomic E-state index is 0.0108. The first kappa shape index (κ1) is 27.7. The molecule has 1 fully saturated rings. The molecule has 1 amide bonds. The molecule has 0 atom stereocenters. The molecule has 1 heterocycles. The Balaban J connectivity index is 1.53. The molecule has 0 aliphatic carbocycles. The van der Waals surface area contributed by atoms with Crippen LogP contribution in [0.15, 0.2) is 82.6 Å². The predicted molar refractivity (Wildman–Crippen MR) is 144 cm³/mol. The maximum atomic E-state index is 13.5. The minimum atomic E-state index is -4.15. The number of hydrogen-bond donors (Lipinski definition) is 1. The van der Waals surface area contributed by atoms with E-state index in [-0.39, 0.29) is 15.5 Å². The van der Waals surface area contributed by atoms with Crippen LogP contribution in [-0.4, -0.2) is 46.7 Å². The third-order valence-electron chi connectivity index (χ3n) is 6.35. The summed E-state index contributed by atoms with van der Waals surface area (Å²) in [6, 6.07) is 16.8. The Bertz CT molecular complexity index is 1470. The monoisotopic (exact) mass is 559 g/mol. The molecule has 0 saturated carbocycles. The Morgan fingerprint density at radius 2 is 1.37 bits per heavy atom. The van der Waals surface area contributed by atoms with Crippen molar-refractivity contribution in [2.24, 2.45) is 0 Å². The number of nitrogens with one attached hydrogen (secondary N) is 1. The topological polar surface area (TPSA) is 104 Å². The highest BCUT2D eigenvalue weighted by Gasteiger charge is 2.28. The van der Waals surface area contributed by atoms with Gasteiger partial charge in [0.15, 0.2) is 0 Å². The smallest absolute Gasteiger partial charge is 0.264 e. The van der Waals surface area contributed by atoms with Crippen LogP contribution in [0.3, 0.4) is 0 Å². The lowest BCUT2D eigenvalue weighted by Gasteiger charge is -2.24. The summed E-state index contributed by atoms with van der Waals surface area (Å²) in [7, 11) is -7.79. The van der Waals surface area contributed by atoms with Crippen molar-refractivity contribution in [3.63, 3.8) is 0 Å². The van der Waals surface area contributed by atoms with Gasteiger partial charge in [-0.1, -0.05) is 30.5 Å². The van der Waals surface area contributed by atoms with Crippen molar-refractivity contribution in [2.75, 3.05) is 29.3 Å². The molecule has 3 aromatic carbocycles. The third kappa shape index (κ3) is 6.40. The molecule has 3 aromatic rings. The van der Waals surface area contributed by atoms with Gasteiger partial charge in [-0.15, -0.1) is 0 Å². The van der Waals surface area contributed by atoms with Crippen LogP contribution in [0, 0.1) is 12.7 Å². The average molecular weight is 560 g/mol. The first-order valence-corrected chi connectivity index (χ1v) is 15.2. The predicted octanol–water partition coefficient (Wildman–Crippen LogP) is 4.53. The normalized spacial score (nSPS) is 15.0. The fourth-order valence-corrected chi connectivity index (χ4v) is 7.17. The number of hydrogen-bond acceptors (Lipinski definition) is 5. The molecule has 0 unspecified atom stereocenters. The molecule has 0 radical (unpaired) electrons. The van der Waals surface area contributed by atoms with E-state index in [1.165, 1.54) is 52.8 Å². The highest BCUT2D eigenvalue weighted by molar-refractivity contribution is 7.92. The van der Waals surface area contributed by atoms with Gasteiger partial charge in [0, 0.05) is 18.8 Å². The van der Waals surface area contributed by atoms with Gasteiger partial charge < -0.3 is 5.32 Å². The van der Waals surface area contributed by atoms with Crippen molar-refractivity contribution >= 4 is 37.3 Å². The zero-order chi connectivity index (χ0) is 27.3. The van der Waals surface area contributed by atoms with Gasteiger partial charge in [-0.25, -0.2) is 21.2 Å². The maximum absolute atomic E-state index is 13.5. The largest absolute Gasteiger partial charge is 0.325 e. The van der Waals surface area contributed by atoms with Gasteiger partial charge in [0.1, 0.15) is 12.4 Å². The summed E-state index contributed by atoms with van der Waals surface area (Å²) in [5, 5.41) is 2.63. The number of rotatable bonds is 8. The second-order valence-corrected chi connectivity index (χ2v) is 13.0. The molecule has 38 heavy (non-hydrogen) atoms. The molecule has 1 aliphatic heterocycles. The van der Waals surface area contributed by atoms with Gasteiger partial charge in [0.05, 0.1) is 15.5 Å². The number of aryl methyl sites for hydroxylation is 1. The summed E-state index contributed by atoms with van der Waals surface area (Å²) in [5.74, 6) is -1.19. The van der Waals surface area contributed by atoms with Crippen LogP contribution in [0.4, 0.5) is 15.8 Å². The molecule has 11 heteroatoms. The first-order chi connectivity index (χ1) is 18.1. The summed E-state index contributed by atoms with van der Waals surface area (Å²) in [4.78, 5) is 13.1. The van der Waals surface area contributed by atoms with Crippen LogP contribution in [0.25, 0.3) is 0 Å². The fraction of sp³-hybridized carbons (Fsp3) is 0.296. The number of anilines is 2. The summed E-state index contributed by atoms with van der Waals surface area (Å²) in [6.07, 6.45) is 3.66. The molecular formula is C27H30FN3O5S2. The SMILES string of the molecule is Cc1ccc(S(=O)(=O)N(CC(=O)Nc2ccc(S(=O)(=O)N3CCCCCC3)cc2)c2ccc(F)cc2)cc1. The number of amides is 1. The zero-order valence-corrected chi connectivity index (χ0v) is 22.6. The van der Waals surface area contributed by atoms with Gasteiger partial charge in [-0.05, 0) is 80.4 Å². The van der Waals surface area contributed by atoms with E-state index < -0.39 is 38.3 Å². The minimum Gasteiger partial charge on any atom is -0.325 e. The lowest BCUT2D eigenvalue weighted by atomic mass is 10.2. The van der Waals surface area contributed by atoms with Gasteiger partial charge in [-0.3, -0.25) is 9.10 Å². The Labute approximate surface area is 223 Å². The molecular weight excluding hydrogens is 529 g/mol. The van der Waals surface area contributed by atoms with Crippen LogP contribution >= 0.6 is 0 Å². The van der Waals surface area contributed by atoms with Crippen molar-refractivity contribution in [3.05, 3.63) is 84.2 Å². The number of benzene rings is 3. The molecule has 1 saturated heterocycles. The second-order valence-electron chi connectivity index (χ2n) is 9.19. The van der Waals surface area contributed by atoms with E-state index in [0.717, 1.165) is 47.7 Å². The quantitative estimate of drug-likeness (QED) is 0.437. The van der Waals surface area contributed by atoms with Crippen molar-refractivity contribution < 1.29 is 26.0 Å². The maximum Gasteiger partial charge on any atom is 0.264 e. The van der Waals surface area contributed by atoms with E-state index in [1.54, 1.807) is 12.1 Å². The van der Waals surface area contributed by atoms with Crippen LogP contribution in [0.5, 0.6) is 0 Å². The lowest BCUT2D eigenvalue weighted by Crippen LogP contribution is -2.38. The van der Waals surface area contributed by atoms with Crippen LogP contribution in [-0.2, 0) is 24.8 Å². The van der Waals surface area contributed by atoms with Crippen molar-refractivity contribution in [2.45, 2.75) is 42.4 Å². The molecule has 8 nitrogen and oxygen atoms in total. The number of carbonyl (C=O) groups excluding carboxylic acids is 1. The number of carbonyl (C=O) groups is 1. The van der Waals surface area contributed by atoms with E-state index >= 15 is 0 Å². The second kappa shape index (κ2) is 11.6. The summed E-state index contributed by atoms with van der Waals surface area (Å²) >= 11 is 0. The standard InChI is InChI=1S/C27H30FN3O5S2/c1-21-6-14-26(15-7-21)38(35,36)31(24-12-8-22(28)9-13-24)20-27(32)29-23-10-16-25(17-11-23)37(33,34)30-18-4-2-3-5-19-30/h6-17H,2-5,18-20H2,1H3,(H,29,32). The number of sulfonamides is 2. The zero-order valence-electron chi connectivity index (χ0n) is 21.0. The Morgan fingerprint density at radius 3 is 1.95 bits per heavy atom. The summed E-state index contributed by atoms with van der Waals surface area (Å²) in [6.45, 7) is 2.21. The van der Waals surface area contributed by atoms with Crippen molar-refractivity contribution in [1.29, 1.82) is 0 Å². The summed E-state index contributed by atoms with van der Waals surface area (Å²) in [5.41, 5.74) is 1.31. The first-order valence-electron chi connectivity index (χ1n) is 12.3. The Hall–Kier alpha value is -3.28. The van der Waals surface area contributed by atoms with Gasteiger partial charge in [0.2, 0.25) is 15.9 Å². The molecule has 202 valence electrons. The molecule has 0 spiro atoms. The van der Waals surface area contributed by atoms with Crippen LogP contribution in [0.1, 0.15) is 31.2 Å². The molecule has 0 bridgehead atoms. The Morgan fingerprint density at radius 1 is 0.816 bits per heavy atom. The van der Waals surface area contributed by atoms with E-state index in [2.05, 4.69) is 5.32 Å². The molecule has 1 aliphatic rings. The van der Waals surface area contributed by atoms with E-state index in [0.29, 0.717) is 18.8 Å². The van der Waals surface area contributed by atoms with Gasteiger partial charge in [-0.2, -0.15) is 4.31 Å².